The minimum Gasteiger partial charge on any atom is -0.457 e. The van der Waals surface area contributed by atoms with Gasteiger partial charge in [0.15, 0.2) is 0 Å². The Hall–Kier alpha value is -5.09. The third kappa shape index (κ3) is 5.82. The van der Waals surface area contributed by atoms with Gasteiger partial charge in [0, 0.05) is 12.2 Å². The first-order valence-electron chi connectivity index (χ1n) is 15.0. The van der Waals surface area contributed by atoms with Crippen LogP contribution in [-0.2, 0) is 5.41 Å². The third-order valence-electron chi connectivity index (χ3n) is 8.12. The number of unbranched alkanes of at least 4 members (excludes halogenated alkanes) is 1. The number of hydrogen-bond donors (Lipinski definition) is 1. The molecular formula is C39H37N3O. The second-order valence-corrected chi connectivity index (χ2v) is 10.8. The zero-order chi connectivity index (χ0) is 29.3. The van der Waals surface area contributed by atoms with Crippen LogP contribution < -0.4 is 9.64 Å². The summed E-state index contributed by atoms with van der Waals surface area (Å²) in [7, 11) is 0. The molecule has 0 bridgehead atoms. The van der Waals surface area contributed by atoms with Gasteiger partial charge in [-0.3, -0.25) is 0 Å². The highest BCUT2D eigenvalue weighted by molar-refractivity contribution is 5.60. The predicted octanol–water partition coefficient (Wildman–Crippen LogP) is 9.58. The van der Waals surface area contributed by atoms with Gasteiger partial charge in [-0.2, -0.15) is 0 Å². The van der Waals surface area contributed by atoms with Gasteiger partial charge < -0.3 is 14.6 Å². The number of anilines is 1. The van der Waals surface area contributed by atoms with E-state index in [0.29, 0.717) is 0 Å². The summed E-state index contributed by atoms with van der Waals surface area (Å²) in [6.45, 7) is 3.12. The Kier molecular flexibility index (Phi) is 8.65. The highest BCUT2D eigenvalue weighted by Gasteiger charge is 2.48. The van der Waals surface area contributed by atoms with Crippen LogP contribution in [0.1, 0.15) is 48.2 Å². The molecule has 1 atom stereocenters. The third-order valence-corrected chi connectivity index (χ3v) is 8.12. The number of ether oxygens (including phenoxy) is 1. The molecule has 0 radical (unpaired) electrons. The van der Waals surface area contributed by atoms with Crippen LogP contribution >= 0.6 is 0 Å². The summed E-state index contributed by atoms with van der Waals surface area (Å²) in [4.78, 5) is 10.6. The Morgan fingerprint density at radius 3 is 1.60 bits per heavy atom. The van der Waals surface area contributed by atoms with Gasteiger partial charge in [0.1, 0.15) is 11.5 Å². The highest BCUT2D eigenvalue weighted by atomic mass is 16.5. The molecule has 1 N–H and O–H groups in total. The van der Waals surface area contributed by atoms with Crippen molar-refractivity contribution in [3.8, 4) is 11.5 Å². The monoisotopic (exact) mass is 563 g/mol. The van der Waals surface area contributed by atoms with Crippen LogP contribution in [-0.4, -0.2) is 16.5 Å². The fourth-order valence-electron chi connectivity index (χ4n) is 6.19. The van der Waals surface area contributed by atoms with Crippen LogP contribution in [0.15, 0.2) is 158 Å². The van der Waals surface area contributed by atoms with E-state index >= 15 is 0 Å². The Balaban J connectivity index is 1.58. The molecule has 6 rings (SSSR count). The quantitative estimate of drug-likeness (QED) is 0.151. The van der Waals surface area contributed by atoms with Crippen molar-refractivity contribution in [2.24, 2.45) is 0 Å². The summed E-state index contributed by atoms with van der Waals surface area (Å²) in [5.41, 5.74) is 5.27. The van der Waals surface area contributed by atoms with Crippen LogP contribution in [0.2, 0.25) is 0 Å². The number of nitrogens with one attached hydrogen (secondary N) is 1. The Morgan fingerprint density at radius 2 is 1.14 bits per heavy atom. The van der Waals surface area contributed by atoms with E-state index in [2.05, 4.69) is 137 Å². The molecule has 6 aromatic rings. The van der Waals surface area contributed by atoms with Gasteiger partial charge in [-0.15, -0.1) is 0 Å². The molecule has 0 aliphatic carbocycles. The van der Waals surface area contributed by atoms with Crippen LogP contribution in [0, 0.1) is 0 Å². The van der Waals surface area contributed by atoms with Gasteiger partial charge in [0.25, 0.3) is 0 Å². The summed E-state index contributed by atoms with van der Waals surface area (Å²) < 4.78 is 6.17. The number of para-hydroxylation sites is 1. The van der Waals surface area contributed by atoms with Crippen LogP contribution in [0.3, 0.4) is 0 Å². The zero-order valence-corrected chi connectivity index (χ0v) is 24.5. The summed E-state index contributed by atoms with van der Waals surface area (Å²) in [6, 6.07) is 51.0. The summed E-state index contributed by atoms with van der Waals surface area (Å²) in [5, 5.41) is 0. The van der Waals surface area contributed by atoms with Gasteiger partial charge in [0.2, 0.25) is 0 Å². The molecule has 1 aromatic heterocycles. The van der Waals surface area contributed by atoms with Gasteiger partial charge in [-0.25, -0.2) is 4.98 Å². The first kappa shape index (κ1) is 28.0. The van der Waals surface area contributed by atoms with Gasteiger partial charge in [0.05, 0.1) is 29.7 Å². The van der Waals surface area contributed by atoms with E-state index in [1.165, 1.54) is 16.7 Å². The molecule has 0 aliphatic rings. The SMILES string of the molecule is CCCCN(c1ccc(Oc2ccccc2)cc1)C(c1cnc[nH]1)C(c1ccccc1)(c1ccccc1)c1ccccc1. The minimum atomic E-state index is -0.566. The molecule has 0 saturated carbocycles. The molecule has 5 aromatic carbocycles. The second-order valence-electron chi connectivity index (χ2n) is 10.8. The molecule has 4 heteroatoms. The highest BCUT2D eigenvalue weighted by Crippen LogP contribution is 2.52. The number of aromatic nitrogens is 2. The first-order chi connectivity index (χ1) is 21.3. The summed E-state index contributed by atoms with van der Waals surface area (Å²) >= 11 is 0. The topological polar surface area (TPSA) is 41.1 Å². The van der Waals surface area contributed by atoms with Gasteiger partial charge >= 0.3 is 0 Å². The number of aromatic amines is 1. The van der Waals surface area contributed by atoms with Crippen molar-refractivity contribution in [1.82, 2.24) is 9.97 Å². The maximum absolute atomic E-state index is 6.17. The van der Waals surface area contributed by atoms with E-state index in [-0.39, 0.29) is 6.04 Å². The average molecular weight is 564 g/mol. The van der Waals surface area contributed by atoms with E-state index in [0.717, 1.165) is 42.3 Å². The van der Waals surface area contributed by atoms with Crippen LogP contribution in [0.5, 0.6) is 11.5 Å². The Labute approximate surface area is 254 Å². The maximum atomic E-state index is 6.17. The number of benzene rings is 5. The molecule has 0 amide bonds. The number of hydrogen-bond acceptors (Lipinski definition) is 3. The molecule has 4 nitrogen and oxygen atoms in total. The van der Waals surface area contributed by atoms with E-state index in [4.69, 9.17) is 4.74 Å². The molecular weight excluding hydrogens is 526 g/mol. The van der Waals surface area contributed by atoms with Crippen molar-refractivity contribution in [2.75, 3.05) is 11.4 Å². The Bertz CT molecular complexity index is 1560. The van der Waals surface area contributed by atoms with Crippen LogP contribution in [0.4, 0.5) is 5.69 Å². The van der Waals surface area contributed by atoms with E-state index in [1.54, 1.807) is 6.33 Å². The first-order valence-corrected chi connectivity index (χ1v) is 15.0. The van der Waals surface area contributed by atoms with Gasteiger partial charge in [-0.05, 0) is 59.5 Å². The van der Waals surface area contributed by atoms with Crippen molar-refractivity contribution in [3.05, 3.63) is 181 Å². The number of rotatable bonds is 12. The van der Waals surface area contributed by atoms with Crippen molar-refractivity contribution in [1.29, 1.82) is 0 Å². The lowest BCUT2D eigenvalue weighted by Crippen LogP contribution is -2.47. The standard InChI is InChI=1S/C39H37N3O/c1-2-3-28-42(34-24-26-36(27-25-34)43-35-22-14-7-15-23-35)38(37-29-40-30-41-37)39(31-16-8-4-9-17-31,32-18-10-5-11-19-32)33-20-12-6-13-21-33/h4-27,29-30,38H,2-3,28H2,1H3,(H,40,41). The lowest BCUT2D eigenvalue weighted by atomic mass is 9.63. The largest absolute Gasteiger partial charge is 0.457 e. The number of imidazole rings is 1. The number of nitrogens with zero attached hydrogens (tertiary/aromatic N) is 2. The van der Waals surface area contributed by atoms with Crippen molar-refractivity contribution in [3.63, 3.8) is 0 Å². The molecule has 0 aliphatic heterocycles. The normalized spacial score (nSPS) is 12.0. The molecule has 0 saturated heterocycles. The minimum absolute atomic E-state index is 0.144. The second kappa shape index (κ2) is 13.3. The van der Waals surface area contributed by atoms with E-state index in [9.17, 15) is 0 Å². The summed E-state index contributed by atoms with van der Waals surface area (Å²) in [6.07, 6.45) is 5.90. The van der Waals surface area contributed by atoms with Crippen LogP contribution in [0.25, 0.3) is 0 Å². The zero-order valence-electron chi connectivity index (χ0n) is 24.5. The van der Waals surface area contributed by atoms with E-state index in [1.807, 2.05) is 36.5 Å². The predicted molar refractivity (Wildman–Crippen MR) is 176 cm³/mol. The lowest BCUT2D eigenvalue weighted by Gasteiger charge is -2.48. The fraction of sp³-hybridized carbons (Fsp3) is 0.154. The molecule has 0 spiro atoms. The van der Waals surface area contributed by atoms with Crippen molar-refractivity contribution in [2.45, 2.75) is 31.2 Å². The van der Waals surface area contributed by atoms with Crippen molar-refractivity contribution >= 4 is 5.69 Å². The molecule has 1 unspecified atom stereocenters. The smallest absolute Gasteiger partial charge is 0.127 e. The molecule has 1 heterocycles. The number of H-pyrrole nitrogens is 1. The van der Waals surface area contributed by atoms with Crippen molar-refractivity contribution < 1.29 is 4.74 Å². The van der Waals surface area contributed by atoms with Gasteiger partial charge in [-0.1, -0.05) is 123 Å². The molecule has 43 heavy (non-hydrogen) atoms. The fourth-order valence-corrected chi connectivity index (χ4v) is 6.19. The lowest BCUT2D eigenvalue weighted by molar-refractivity contribution is 0.439. The maximum Gasteiger partial charge on any atom is 0.127 e. The van der Waals surface area contributed by atoms with E-state index < -0.39 is 5.41 Å². The molecule has 0 fully saturated rings. The molecule has 214 valence electrons. The average Bonchev–Trinajstić information content (AvgIpc) is 3.61. The summed E-state index contributed by atoms with van der Waals surface area (Å²) in [5.74, 6) is 1.63. The Morgan fingerprint density at radius 1 is 0.651 bits per heavy atom.